The fraction of sp³-hybridized carbons (Fsp3) is 0.143. The predicted molar refractivity (Wildman–Crippen MR) is 88.7 cm³/mol. The summed E-state index contributed by atoms with van der Waals surface area (Å²) in [7, 11) is -7.50. The van der Waals surface area contributed by atoms with Crippen molar-refractivity contribution >= 4 is 31.4 Å². The van der Waals surface area contributed by atoms with Gasteiger partial charge in [-0.25, -0.2) is 25.6 Å². The van der Waals surface area contributed by atoms with Crippen LogP contribution >= 0.6 is 0 Å². The van der Waals surface area contributed by atoms with E-state index in [4.69, 9.17) is 0 Å². The van der Waals surface area contributed by atoms with Crippen molar-refractivity contribution in [3.05, 3.63) is 48.0 Å². The van der Waals surface area contributed by atoms with Gasteiger partial charge in [-0.15, -0.1) is 0 Å². The Morgan fingerprint density at radius 2 is 1.46 bits per heavy atom. The van der Waals surface area contributed by atoms with Crippen LogP contribution in [0.1, 0.15) is 0 Å². The van der Waals surface area contributed by atoms with Crippen molar-refractivity contribution < 1.29 is 25.6 Å². The third-order valence-corrected chi connectivity index (χ3v) is 4.03. The lowest BCUT2D eigenvalue weighted by Gasteiger charge is -2.16. The number of hydrogen-bond donors (Lipinski definition) is 2. The van der Waals surface area contributed by atoms with Gasteiger partial charge in [0.1, 0.15) is 11.6 Å². The van der Waals surface area contributed by atoms with Crippen molar-refractivity contribution in [3.63, 3.8) is 0 Å². The second-order valence-electron chi connectivity index (χ2n) is 5.10. The summed E-state index contributed by atoms with van der Waals surface area (Å²) in [6, 6.07) is 6.92. The summed E-state index contributed by atoms with van der Waals surface area (Å²) >= 11 is 0. The molecule has 0 amide bonds. The van der Waals surface area contributed by atoms with Gasteiger partial charge >= 0.3 is 0 Å². The van der Waals surface area contributed by atoms with E-state index in [2.05, 4.69) is 9.44 Å². The molecule has 0 bridgehead atoms. The summed E-state index contributed by atoms with van der Waals surface area (Å²) in [5.74, 6) is -1.71. The number of rotatable bonds is 5. The van der Waals surface area contributed by atoms with E-state index in [1.807, 2.05) is 0 Å². The van der Waals surface area contributed by atoms with E-state index in [1.165, 1.54) is 18.2 Å². The molecule has 2 aromatic rings. The van der Waals surface area contributed by atoms with Gasteiger partial charge in [0.15, 0.2) is 0 Å². The quantitative estimate of drug-likeness (QED) is 0.838. The van der Waals surface area contributed by atoms with Crippen LogP contribution in [-0.2, 0) is 20.0 Å². The highest BCUT2D eigenvalue weighted by Gasteiger charge is 2.18. The molecular weight excluding hydrogens is 362 g/mol. The topological polar surface area (TPSA) is 92.3 Å². The highest BCUT2D eigenvalue weighted by molar-refractivity contribution is 7.92. The smallest absolute Gasteiger partial charge is 0.229 e. The van der Waals surface area contributed by atoms with Crippen molar-refractivity contribution in [2.75, 3.05) is 22.0 Å². The van der Waals surface area contributed by atoms with Gasteiger partial charge < -0.3 is 0 Å². The maximum absolute atomic E-state index is 14.1. The molecule has 2 N–H and O–H groups in total. The van der Waals surface area contributed by atoms with E-state index < -0.39 is 31.7 Å². The second-order valence-corrected chi connectivity index (χ2v) is 8.60. The summed E-state index contributed by atoms with van der Waals surface area (Å²) in [5.41, 5.74) is -0.258. The molecule has 0 aliphatic heterocycles. The van der Waals surface area contributed by atoms with Crippen LogP contribution in [0.2, 0.25) is 0 Å². The molecule has 0 heterocycles. The highest BCUT2D eigenvalue weighted by atomic mass is 32.2. The molecule has 0 radical (unpaired) electrons. The minimum Gasteiger partial charge on any atom is -0.282 e. The van der Waals surface area contributed by atoms with Crippen LogP contribution in [0.5, 0.6) is 0 Å². The van der Waals surface area contributed by atoms with Crippen LogP contribution in [0.3, 0.4) is 0 Å². The molecular formula is C14H14F2N2O4S2. The zero-order chi connectivity index (χ0) is 18.1. The zero-order valence-corrected chi connectivity index (χ0v) is 14.3. The Morgan fingerprint density at radius 3 is 2.00 bits per heavy atom. The van der Waals surface area contributed by atoms with Gasteiger partial charge in [0.05, 0.1) is 23.9 Å². The highest BCUT2D eigenvalue weighted by Crippen LogP contribution is 2.36. The van der Waals surface area contributed by atoms with Gasteiger partial charge in [-0.05, 0) is 18.2 Å². The molecule has 2 rings (SSSR count). The number of anilines is 2. The first-order chi connectivity index (χ1) is 11.0. The van der Waals surface area contributed by atoms with E-state index in [0.717, 1.165) is 24.6 Å². The van der Waals surface area contributed by atoms with Crippen LogP contribution in [0.4, 0.5) is 20.2 Å². The third kappa shape index (κ3) is 4.65. The first kappa shape index (κ1) is 18.1. The van der Waals surface area contributed by atoms with Crippen molar-refractivity contribution in [1.29, 1.82) is 0 Å². The van der Waals surface area contributed by atoms with Gasteiger partial charge in [0.25, 0.3) is 0 Å². The molecule has 2 aromatic carbocycles. The zero-order valence-electron chi connectivity index (χ0n) is 12.7. The van der Waals surface area contributed by atoms with E-state index in [-0.39, 0.29) is 22.5 Å². The predicted octanol–water partition coefficient (Wildman–Crippen LogP) is 2.37. The maximum atomic E-state index is 14.1. The third-order valence-electron chi connectivity index (χ3n) is 2.87. The average molecular weight is 376 g/mol. The number of nitrogens with one attached hydrogen (secondary N) is 2. The van der Waals surface area contributed by atoms with Gasteiger partial charge in [0, 0.05) is 17.2 Å². The molecule has 10 heteroatoms. The van der Waals surface area contributed by atoms with E-state index in [1.54, 1.807) is 0 Å². The molecule has 6 nitrogen and oxygen atoms in total. The first-order valence-corrected chi connectivity index (χ1v) is 10.3. The van der Waals surface area contributed by atoms with Gasteiger partial charge in [-0.3, -0.25) is 9.44 Å². The van der Waals surface area contributed by atoms with Crippen LogP contribution in [0, 0.1) is 11.6 Å². The number of halogens is 2. The lowest BCUT2D eigenvalue weighted by molar-refractivity contribution is 0.585. The van der Waals surface area contributed by atoms with Crippen molar-refractivity contribution in [2.45, 2.75) is 0 Å². The number of para-hydroxylation sites is 1. The molecule has 0 saturated carbocycles. The molecule has 0 aliphatic rings. The van der Waals surface area contributed by atoms with E-state index >= 15 is 0 Å². The molecule has 130 valence electrons. The first-order valence-electron chi connectivity index (χ1n) is 6.50. The summed E-state index contributed by atoms with van der Waals surface area (Å²) in [4.78, 5) is 0. The standard InChI is InChI=1S/C14H14F2N2O4S2/c1-23(19,20)17-13-5-3-4-11(14(13)18-24(2,21)22)10-7-6-9(15)8-12(10)16/h3-8,17-18H,1-2H3. The molecule has 0 fully saturated rings. The molecule has 0 spiro atoms. The van der Waals surface area contributed by atoms with Gasteiger partial charge in [0.2, 0.25) is 20.0 Å². The van der Waals surface area contributed by atoms with Crippen LogP contribution in [0.15, 0.2) is 36.4 Å². The van der Waals surface area contributed by atoms with E-state index in [0.29, 0.717) is 6.07 Å². The molecule has 0 unspecified atom stereocenters. The fourth-order valence-electron chi connectivity index (χ4n) is 2.06. The number of benzene rings is 2. The summed E-state index contributed by atoms with van der Waals surface area (Å²) in [5, 5.41) is 0. The Bertz CT molecular complexity index is 990. The Kier molecular flexibility index (Phi) is 4.81. The van der Waals surface area contributed by atoms with Crippen LogP contribution < -0.4 is 9.44 Å². The van der Waals surface area contributed by atoms with Crippen molar-refractivity contribution in [3.8, 4) is 11.1 Å². The fourth-order valence-corrected chi connectivity index (χ4v) is 3.23. The number of sulfonamides is 2. The SMILES string of the molecule is CS(=O)(=O)Nc1cccc(-c2ccc(F)cc2F)c1NS(C)(=O)=O. The van der Waals surface area contributed by atoms with E-state index in [9.17, 15) is 25.6 Å². The Morgan fingerprint density at radius 1 is 0.833 bits per heavy atom. The Balaban J connectivity index is 2.73. The van der Waals surface area contributed by atoms with Crippen molar-refractivity contribution in [2.24, 2.45) is 0 Å². The normalized spacial score (nSPS) is 12.0. The lowest BCUT2D eigenvalue weighted by Crippen LogP contribution is -2.16. The molecule has 24 heavy (non-hydrogen) atoms. The Hall–Kier alpha value is -2.20. The number of hydrogen-bond acceptors (Lipinski definition) is 4. The second kappa shape index (κ2) is 6.36. The minimum atomic E-state index is -3.79. The summed E-state index contributed by atoms with van der Waals surface area (Å²) in [6.45, 7) is 0. The summed E-state index contributed by atoms with van der Waals surface area (Å²) < 4.78 is 77.6. The van der Waals surface area contributed by atoms with Gasteiger partial charge in [-0.1, -0.05) is 12.1 Å². The average Bonchev–Trinajstić information content (AvgIpc) is 2.38. The largest absolute Gasteiger partial charge is 0.282 e. The molecule has 0 aliphatic carbocycles. The maximum Gasteiger partial charge on any atom is 0.229 e. The molecule has 0 saturated heterocycles. The van der Waals surface area contributed by atoms with Gasteiger partial charge in [-0.2, -0.15) is 0 Å². The van der Waals surface area contributed by atoms with Crippen LogP contribution in [0.25, 0.3) is 11.1 Å². The molecule has 0 atom stereocenters. The monoisotopic (exact) mass is 376 g/mol. The minimum absolute atomic E-state index is 0.0616. The molecule has 0 aromatic heterocycles. The van der Waals surface area contributed by atoms with Crippen LogP contribution in [-0.4, -0.2) is 29.3 Å². The van der Waals surface area contributed by atoms with Crippen molar-refractivity contribution in [1.82, 2.24) is 0 Å². The lowest BCUT2D eigenvalue weighted by atomic mass is 10.0. The Labute approximate surface area is 138 Å². The summed E-state index contributed by atoms with van der Waals surface area (Å²) in [6.07, 6.45) is 1.76.